The molecular weight excluding hydrogens is 334 g/mol. The zero-order chi connectivity index (χ0) is 19.3. The fourth-order valence-corrected chi connectivity index (χ4v) is 2.99. The Balaban J connectivity index is 1.75. The number of carbonyl (C=O) groups is 2. The van der Waals surface area contributed by atoms with Gasteiger partial charge in [0.1, 0.15) is 11.4 Å². The van der Waals surface area contributed by atoms with Gasteiger partial charge in [-0.25, -0.2) is 4.79 Å². The third-order valence-corrected chi connectivity index (χ3v) is 4.25. The van der Waals surface area contributed by atoms with Gasteiger partial charge in [0.2, 0.25) is 0 Å². The molecule has 0 unspecified atom stereocenters. The second-order valence-corrected chi connectivity index (χ2v) is 7.62. The van der Waals surface area contributed by atoms with Crippen molar-refractivity contribution in [2.24, 2.45) is 0 Å². The third kappa shape index (κ3) is 6.22. The van der Waals surface area contributed by atoms with Crippen molar-refractivity contribution in [2.75, 3.05) is 18.4 Å². The van der Waals surface area contributed by atoms with Crippen LogP contribution in [0.3, 0.4) is 0 Å². The molecule has 1 aliphatic carbocycles. The van der Waals surface area contributed by atoms with Gasteiger partial charge in [-0.05, 0) is 64.4 Å². The van der Waals surface area contributed by atoms with E-state index in [1.165, 1.54) is 0 Å². The van der Waals surface area contributed by atoms with Gasteiger partial charge >= 0.3 is 12.0 Å². The topological polar surface area (TPSA) is 90.9 Å². The zero-order valence-corrected chi connectivity index (χ0v) is 15.9. The fourth-order valence-electron chi connectivity index (χ4n) is 2.99. The average Bonchev–Trinajstić information content (AvgIpc) is 2.49. The summed E-state index contributed by atoms with van der Waals surface area (Å²) in [6.45, 7) is 8.63. The number of urea groups is 1. The van der Waals surface area contributed by atoms with Crippen molar-refractivity contribution in [3.05, 3.63) is 24.3 Å². The molecule has 0 bridgehead atoms. The number of hydrogen-bond donors (Lipinski definition) is 3. The lowest BCUT2D eigenvalue weighted by atomic mass is 9.85. The number of anilines is 1. The number of carboxylic acid groups (broad SMARTS) is 1. The fraction of sp³-hybridized carbons (Fsp3) is 0.579. The summed E-state index contributed by atoms with van der Waals surface area (Å²) >= 11 is 0. The van der Waals surface area contributed by atoms with E-state index in [1.54, 1.807) is 12.1 Å². The summed E-state index contributed by atoms with van der Waals surface area (Å²) in [5.74, 6) is -0.0664. The first-order chi connectivity index (χ1) is 12.2. The number of amides is 2. The number of hydrogen-bond acceptors (Lipinski definition) is 4. The van der Waals surface area contributed by atoms with E-state index in [2.05, 4.69) is 10.6 Å². The van der Waals surface area contributed by atoms with Gasteiger partial charge in [-0.1, -0.05) is 6.92 Å². The maximum atomic E-state index is 12.1. The molecule has 144 valence electrons. The van der Waals surface area contributed by atoms with Gasteiger partial charge in [-0.3, -0.25) is 9.69 Å². The highest BCUT2D eigenvalue weighted by atomic mass is 16.5. The number of nitrogens with one attached hydrogen (secondary N) is 2. The zero-order valence-electron chi connectivity index (χ0n) is 15.9. The third-order valence-electron chi connectivity index (χ3n) is 4.25. The summed E-state index contributed by atoms with van der Waals surface area (Å²) in [6.07, 6.45) is 1.54. The predicted molar refractivity (Wildman–Crippen MR) is 101 cm³/mol. The van der Waals surface area contributed by atoms with Crippen molar-refractivity contribution in [3.8, 4) is 5.75 Å². The molecule has 0 radical (unpaired) electrons. The molecule has 0 spiro atoms. The summed E-state index contributed by atoms with van der Waals surface area (Å²) in [7, 11) is 0. The van der Waals surface area contributed by atoms with Crippen molar-refractivity contribution in [3.63, 3.8) is 0 Å². The summed E-state index contributed by atoms with van der Waals surface area (Å²) in [4.78, 5) is 24.9. The lowest BCUT2D eigenvalue weighted by Crippen LogP contribution is -2.55. The van der Waals surface area contributed by atoms with Gasteiger partial charge in [0.05, 0.1) is 6.54 Å². The Morgan fingerprint density at radius 3 is 2.35 bits per heavy atom. The first kappa shape index (κ1) is 20.0. The van der Waals surface area contributed by atoms with Crippen LogP contribution in [-0.4, -0.2) is 52.8 Å². The van der Waals surface area contributed by atoms with E-state index in [4.69, 9.17) is 9.84 Å². The van der Waals surface area contributed by atoms with Gasteiger partial charge in [-0.2, -0.15) is 0 Å². The van der Waals surface area contributed by atoms with Crippen molar-refractivity contribution < 1.29 is 19.4 Å². The molecule has 0 saturated heterocycles. The van der Waals surface area contributed by atoms with Gasteiger partial charge < -0.3 is 20.5 Å². The molecule has 1 aromatic carbocycles. The summed E-state index contributed by atoms with van der Waals surface area (Å²) in [5, 5.41) is 14.6. The predicted octanol–water partition coefficient (Wildman–Crippen LogP) is 2.92. The largest absolute Gasteiger partial charge is 0.488 e. The molecule has 2 amide bonds. The molecule has 1 aliphatic rings. The maximum absolute atomic E-state index is 12.1. The standard InChI is InChI=1S/C19H29N3O4/c1-5-22(12-17(23)24)15-10-14(11-15)21-18(25)20-13-6-8-16(9-7-13)26-19(2,3)4/h6-9,14-15H,5,10-12H2,1-4H3,(H,23,24)(H2,20,21,25). The van der Waals surface area contributed by atoms with Crippen LogP contribution in [0.5, 0.6) is 5.75 Å². The highest BCUT2D eigenvalue weighted by molar-refractivity contribution is 5.89. The Labute approximate surface area is 154 Å². The Bertz CT molecular complexity index is 619. The van der Waals surface area contributed by atoms with Crippen LogP contribution in [0.1, 0.15) is 40.5 Å². The van der Waals surface area contributed by atoms with Crippen LogP contribution >= 0.6 is 0 Å². The number of rotatable bonds is 7. The smallest absolute Gasteiger partial charge is 0.319 e. The lowest BCUT2D eigenvalue weighted by molar-refractivity contribution is -0.139. The second-order valence-electron chi connectivity index (χ2n) is 7.62. The molecule has 2 rings (SSSR count). The SMILES string of the molecule is CCN(CC(=O)O)C1CC(NC(=O)Nc2ccc(OC(C)(C)C)cc2)C1. The monoisotopic (exact) mass is 363 g/mol. The molecule has 1 aromatic rings. The Kier molecular flexibility index (Phi) is 6.47. The van der Waals surface area contributed by atoms with E-state index < -0.39 is 5.97 Å². The normalized spacial score (nSPS) is 19.6. The van der Waals surface area contributed by atoms with Crippen molar-refractivity contribution >= 4 is 17.7 Å². The molecule has 1 saturated carbocycles. The lowest BCUT2D eigenvalue weighted by Gasteiger charge is -2.42. The minimum Gasteiger partial charge on any atom is -0.488 e. The molecule has 0 atom stereocenters. The van der Waals surface area contributed by atoms with E-state index in [0.717, 1.165) is 18.6 Å². The van der Waals surface area contributed by atoms with Crippen molar-refractivity contribution in [1.82, 2.24) is 10.2 Å². The molecule has 7 nitrogen and oxygen atoms in total. The van der Waals surface area contributed by atoms with Crippen molar-refractivity contribution in [1.29, 1.82) is 0 Å². The van der Waals surface area contributed by atoms with Crippen molar-refractivity contribution in [2.45, 2.75) is 58.2 Å². The quantitative estimate of drug-likeness (QED) is 0.693. The minimum atomic E-state index is -0.820. The number of benzene rings is 1. The molecule has 0 aliphatic heterocycles. The Hall–Kier alpha value is -2.28. The number of carbonyl (C=O) groups excluding carboxylic acids is 1. The maximum Gasteiger partial charge on any atom is 0.319 e. The second kappa shape index (κ2) is 8.40. The summed E-state index contributed by atoms with van der Waals surface area (Å²) in [6, 6.07) is 7.29. The Morgan fingerprint density at radius 2 is 1.85 bits per heavy atom. The van der Waals surface area contributed by atoms with Crippen LogP contribution in [0, 0.1) is 0 Å². The highest BCUT2D eigenvalue weighted by Crippen LogP contribution is 2.26. The van der Waals surface area contributed by atoms with Crippen LogP contribution < -0.4 is 15.4 Å². The van der Waals surface area contributed by atoms with Gasteiger partial charge in [0.15, 0.2) is 0 Å². The molecule has 26 heavy (non-hydrogen) atoms. The number of aliphatic carboxylic acids is 1. The van der Waals surface area contributed by atoms with Gasteiger partial charge in [0.25, 0.3) is 0 Å². The molecule has 0 heterocycles. The minimum absolute atomic E-state index is 0.0447. The van der Waals surface area contributed by atoms with Gasteiger partial charge in [0, 0.05) is 17.8 Å². The van der Waals surface area contributed by atoms with Crippen LogP contribution in [0.25, 0.3) is 0 Å². The van der Waals surface area contributed by atoms with Crippen LogP contribution in [0.2, 0.25) is 0 Å². The van der Waals surface area contributed by atoms with Crippen LogP contribution in [0.15, 0.2) is 24.3 Å². The van der Waals surface area contributed by atoms with Crippen LogP contribution in [0.4, 0.5) is 10.5 Å². The molecule has 0 aromatic heterocycles. The Morgan fingerprint density at radius 1 is 1.23 bits per heavy atom. The van der Waals surface area contributed by atoms with E-state index in [-0.39, 0.29) is 30.3 Å². The molecule has 1 fully saturated rings. The molecular formula is C19H29N3O4. The van der Waals surface area contributed by atoms with E-state index in [0.29, 0.717) is 12.2 Å². The van der Waals surface area contributed by atoms with E-state index >= 15 is 0 Å². The van der Waals surface area contributed by atoms with Gasteiger partial charge in [-0.15, -0.1) is 0 Å². The number of carboxylic acids is 1. The number of nitrogens with zero attached hydrogens (tertiary/aromatic N) is 1. The average molecular weight is 363 g/mol. The highest BCUT2D eigenvalue weighted by Gasteiger charge is 2.34. The first-order valence-corrected chi connectivity index (χ1v) is 8.98. The molecule has 7 heteroatoms. The molecule has 3 N–H and O–H groups in total. The van der Waals surface area contributed by atoms with E-state index in [9.17, 15) is 9.59 Å². The summed E-state index contributed by atoms with van der Waals surface area (Å²) in [5.41, 5.74) is 0.431. The summed E-state index contributed by atoms with van der Waals surface area (Å²) < 4.78 is 5.75. The number of likely N-dealkylation sites (N-methyl/N-ethyl adjacent to an activating group) is 1. The van der Waals surface area contributed by atoms with Crippen LogP contribution in [-0.2, 0) is 4.79 Å². The first-order valence-electron chi connectivity index (χ1n) is 8.98. The number of ether oxygens (including phenoxy) is 1. The van der Waals surface area contributed by atoms with E-state index in [1.807, 2.05) is 44.7 Å².